The van der Waals surface area contributed by atoms with Gasteiger partial charge in [0.1, 0.15) is 0 Å². The number of nitrogens with one attached hydrogen (secondary N) is 1. The van der Waals surface area contributed by atoms with Gasteiger partial charge in [0, 0.05) is 19.5 Å². The van der Waals surface area contributed by atoms with Gasteiger partial charge in [-0.15, -0.1) is 0 Å². The maximum absolute atomic E-state index is 11.8. The number of hydrogen-bond donors (Lipinski definition) is 2. The number of rotatable bonds is 7. The Balaban J connectivity index is 1.71. The van der Waals surface area contributed by atoms with Gasteiger partial charge >= 0.3 is 5.97 Å². The van der Waals surface area contributed by atoms with E-state index in [2.05, 4.69) is 10.2 Å². The summed E-state index contributed by atoms with van der Waals surface area (Å²) in [5.41, 5.74) is 1.06. The van der Waals surface area contributed by atoms with Gasteiger partial charge in [-0.2, -0.15) is 0 Å². The molecule has 1 heterocycles. The van der Waals surface area contributed by atoms with E-state index in [1.807, 2.05) is 6.07 Å². The minimum atomic E-state index is -0.925. The van der Waals surface area contributed by atoms with Crippen LogP contribution in [0.15, 0.2) is 24.3 Å². The minimum Gasteiger partial charge on any atom is -0.478 e. The van der Waals surface area contributed by atoms with Gasteiger partial charge in [0.05, 0.1) is 5.56 Å². The zero-order valence-corrected chi connectivity index (χ0v) is 12.2. The molecule has 1 aromatic rings. The van der Waals surface area contributed by atoms with E-state index >= 15 is 0 Å². The maximum Gasteiger partial charge on any atom is 0.335 e. The van der Waals surface area contributed by atoms with Gasteiger partial charge < -0.3 is 15.3 Å². The Morgan fingerprint density at radius 2 is 1.90 bits per heavy atom. The number of carboxylic acid groups (broad SMARTS) is 1. The summed E-state index contributed by atoms with van der Waals surface area (Å²) in [4.78, 5) is 25.1. The quantitative estimate of drug-likeness (QED) is 0.799. The molecule has 1 aromatic carbocycles. The van der Waals surface area contributed by atoms with Crippen LogP contribution in [0.2, 0.25) is 0 Å². The van der Waals surface area contributed by atoms with Gasteiger partial charge in [0.15, 0.2) is 0 Å². The second-order valence-corrected chi connectivity index (χ2v) is 5.36. The van der Waals surface area contributed by atoms with Gasteiger partial charge in [0.25, 0.3) is 0 Å². The number of carboxylic acids is 1. The molecular weight excluding hydrogens is 268 g/mol. The smallest absolute Gasteiger partial charge is 0.335 e. The largest absolute Gasteiger partial charge is 0.478 e. The van der Waals surface area contributed by atoms with Crippen molar-refractivity contribution in [3.63, 3.8) is 0 Å². The van der Waals surface area contributed by atoms with Crippen molar-refractivity contribution >= 4 is 11.9 Å². The fraction of sp³-hybridized carbons (Fsp3) is 0.500. The van der Waals surface area contributed by atoms with Crippen molar-refractivity contribution in [1.29, 1.82) is 0 Å². The summed E-state index contributed by atoms with van der Waals surface area (Å²) in [7, 11) is 0. The molecule has 1 saturated heterocycles. The van der Waals surface area contributed by atoms with Gasteiger partial charge in [-0.25, -0.2) is 4.79 Å². The van der Waals surface area contributed by atoms with Crippen LogP contribution in [-0.2, 0) is 11.2 Å². The van der Waals surface area contributed by atoms with Crippen LogP contribution in [0.4, 0.5) is 0 Å². The van der Waals surface area contributed by atoms with Crippen LogP contribution in [-0.4, -0.2) is 48.1 Å². The number of carbonyl (C=O) groups is 2. The molecule has 5 nitrogen and oxygen atoms in total. The molecule has 0 bridgehead atoms. The zero-order valence-electron chi connectivity index (χ0n) is 12.2. The Morgan fingerprint density at radius 1 is 1.19 bits per heavy atom. The second kappa shape index (κ2) is 7.78. The van der Waals surface area contributed by atoms with Gasteiger partial charge in [-0.05, 0) is 44.0 Å². The predicted octanol–water partition coefficient (Wildman–Crippen LogP) is 1.53. The van der Waals surface area contributed by atoms with Crippen LogP contribution in [0.3, 0.4) is 0 Å². The fourth-order valence-electron chi connectivity index (χ4n) is 2.64. The van der Waals surface area contributed by atoms with Crippen LogP contribution in [0.1, 0.15) is 35.2 Å². The first-order chi connectivity index (χ1) is 10.2. The normalized spacial score (nSPS) is 15.0. The van der Waals surface area contributed by atoms with Crippen LogP contribution < -0.4 is 5.32 Å². The Labute approximate surface area is 125 Å². The van der Waals surface area contributed by atoms with E-state index in [0.717, 1.165) is 25.2 Å². The van der Waals surface area contributed by atoms with E-state index in [1.54, 1.807) is 18.2 Å². The second-order valence-electron chi connectivity index (χ2n) is 5.36. The number of carbonyl (C=O) groups excluding carboxylic acids is 1. The number of amides is 1. The van der Waals surface area contributed by atoms with Crippen molar-refractivity contribution in [2.75, 3.05) is 26.2 Å². The first-order valence-corrected chi connectivity index (χ1v) is 7.47. The van der Waals surface area contributed by atoms with Gasteiger partial charge in [-0.3, -0.25) is 4.79 Å². The van der Waals surface area contributed by atoms with Crippen molar-refractivity contribution in [3.8, 4) is 0 Å². The number of likely N-dealkylation sites (tertiary alicyclic amines) is 1. The average Bonchev–Trinajstić information content (AvgIpc) is 2.99. The van der Waals surface area contributed by atoms with E-state index < -0.39 is 5.97 Å². The highest BCUT2D eigenvalue weighted by atomic mass is 16.4. The third kappa shape index (κ3) is 4.86. The molecule has 0 spiro atoms. The van der Waals surface area contributed by atoms with Crippen molar-refractivity contribution in [2.45, 2.75) is 25.7 Å². The Morgan fingerprint density at radius 3 is 2.62 bits per heavy atom. The summed E-state index contributed by atoms with van der Waals surface area (Å²) >= 11 is 0. The molecule has 1 amide bonds. The van der Waals surface area contributed by atoms with Crippen LogP contribution in [0.5, 0.6) is 0 Å². The van der Waals surface area contributed by atoms with E-state index in [-0.39, 0.29) is 5.91 Å². The number of nitrogens with zero attached hydrogens (tertiary/aromatic N) is 1. The molecular formula is C16H22N2O3. The first-order valence-electron chi connectivity index (χ1n) is 7.47. The topological polar surface area (TPSA) is 69.6 Å². The lowest BCUT2D eigenvalue weighted by Crippen LogP contribution is -2.30. The van der Waals surface area contributed by atoms with E-state index in [0.29, 0.717) is 24.9 Å². The molecule has 2 N–H and O–H groups in total. The highest BCUT2D eigenvalue weighted by Crippen LogP contribution is 2.09. The minimum absolute atomic E-state index is 0.0368. The van der Waals surface area contributed by atoms with Crippen molar-refractivity contribution in [3.05, 3.63) is 35.4 Å². The Hall–Kier alpha value is -1.88. The number of hydrogen-bond acceptors (Lipinski definition) is 3. The van der Waals surface area contributed by atoms with Crippen LogP contribution in [0, 0.1) is 0 Å². The summed E-state index contributed by atoms with van der Waals surface area (Å²) in [5.74, 6) is -0.888. The zero-order chi connectivity index (χ0) is 15.1. The lowest BCUT2D eigenvalue weighted by Gasteiger charge is -2.14. The fourth-order valence-corrected chi connectivity index (χ4v) is 2.64. The Kier molecular flexibility index (Phi) is 5.75. The molecule has 0 saturated carbocycles. The lowest BCUT2D eigenvalue weighted by atomic mass is 10.0. The number of aromatic carboxylic acids is 1. The van der Waals surface area contributed by atoms with Crippen LogP contribution >= 0.6 is 0 Å². The third-order valence-electron chi connectivity index (χ3n) is 3.82. The molecule has 2 rings (SSSR count). The molecule has 1 aliphatic rings. The molecule has 1 aliphatic heterocycles. The molecule has 0 unspecified atom stereocenters. The summed E-state index contributed by atoms with van der Waals surface area (Å²) in [6.07, 6.45) is 3.51. The van der Waals surface area contributed by atoms with E-state index in [9.17, 15) is 9.59 Å². The molecule has 1 fully saturated rings. The molecule has 0 atom stereocenters. The van der Waals surface area contributed by atoms with Crippen molar-refractivity contribution in [1.82, 2.24) is 10.2 Å². The maximum atomic E-state index is 11.8. The predicted molar refractivity (Wildman–Crippen MR) is 80.4 cm³/mol. The summed E-state index contributed by atoms with van der Waals surface area (Å²) in [6.45, 7) is 3.49. The standard InChI is InChI=1S/C16H22N2O3/c19-15(8-12-18-10-3-4-11-18)17-9-7-13-5-1-2-6-14(13)16(20)21/h1-2,5-6H,3-4,7-12H2,(H,17,19)(H,20,21). The summed E-state index contributed by atoms with van der Waals surface area (Å²) < 4.78 is 0. The Bertz CT molecular complexity index is 496. The molecule has 0 aromatic heterocycles. The molecule has 0 radical (unpaired) electrons. The van der Waals surface area contributed by atoms with Crippen molar-refractivity contribution < 1.29 is 14.7 Å². The number of benzene rings is 1. The van der Waals surface area contributed by atoms with Gasteiger partial charge in [-0.1, -0.05) is 18.2 Å². The highest BCUT2D eigenvalue weighted by molar-refractivity contribution is 5.89. The summed E-state index contributed by atoms with van der Waals surface area (Å²) in [5, 5.41) is 11.9. The van der Waals surface area contributed by atoms with Gasteiger partial charge in [0.2, 0.25) is 5.91 Å². The molecule has 5 heteroatoms. The highest BCUT2D eigenvalue weighted by Gasteiger charge is 2.13. The van der Waals surface area contributed by atoms with Crippen molar-refractivity contribution in [2.24, 2.45) is 0 Å². The summed E-state index contributed by atoms with van der Waals surface area (Å²) in [6, 6.07) is 6.91. The van der Waals surface area contributed by atoms with E-state index in [4.69, 9.17) is 5.11 Å². The first kappa shape index (κ1) is 15.5. The monoisotopic (exact) mass is 290 g/mol. The van der Waals surface area contributed by atoms with E-state index in [1.165, 1.54) is 12.8 Å². The lowest BCUT2D eigenvalue weighted by molar-refractivity contribution is -0.121. The molecule has 114 valence electrons. The average molecular weight is 290 g/mol. The molecule has 21 heavy (non-hydrogen) atoms. The third-order valence-corrected chi connectivity index (χ3v) is 3.82. The molecule has 0 aliphatic carbocycles. The SMILES string of the molecule is O=C(CCN1CCCC1)NCCc1ccccc1C(=O)O. The van der Waals surface area contributed by atoms with Crippen LogP contribution in [0.25, 0.3) is 0 Å².